The standard InChI is InChI=1S/C8H12O2/c1-6(2-7-4-9-7)3-8-5-10-8/h7-8H,1-5H2. The minimum Gasteiger partial charge on any atom is -0.373 e. The molecule has 0 amide bonds. The lowest BCUT2D eigenvalue weighted by molar-refractivity contribution is 0.390. The zero-order valence-corrected chi connectivity index (χ0v) is 6.01. The third kappa shape index (κ3) is 1.82. The van der Waals surface area contributed by atoms with Gasteiger partial charge in [0.1, 0.15) is 0 Å². The summed E-state index contributed by atoms with van der Waals surface area (Å²) < 4.78 is 10.2. The largest absolute Gasteiger partial charge is 0.373 e. The smallest absolute Gasteiger partial charge is 0.0846 e. The summed E-state index contributed by atoms with van der Waals surface area (Å²) in [6, 6.07) is 0. The molecule has 2 unspecified atom stereocenters. The van der Waals surface area contributed by atoms with E-state index in [2.05, 4.69) is 6.58 Å². The molecule has 2 heteroatoms. The minimum atomic E-state index is 0.492. The number of epoxide rings is 2. The summed E-state index contributed by atoms with van der Waals surface area (Å²) in [6.07, 6.45) is 3.07. The van der Waals surface area contributed by atoms with E-state index in [1.807, 2.05) is 0 Å². The number of hydrogen-bond donors (Lipinski definition) is 0. The van der Waals surface area contributed by atoms with Gasteiger partial charge in [-0.05, 0) is 12.8 Å². The van der Waals surface area contributed by atoms with Crippen LogP contribution in [0.15, 0.2) is 12.2 Å². The van der Waals surface area contributed by atoms with Crippen molar-refractivity contribution in [2.45, 2.75) is 25.0 Å². The molecule has 0 saturated carbocycles. The van der Waals surface area contributed by atoms with Gasteiger partial charge < -0.3 is 9.47 Å². The van der Waals surface area contributed by atoms with Crippen LogP contribution in [-0.2, 0) is 9.47 Å². The molecule has 2 rings (SSSR count). The van der Waals surface area contributed by atoms with E-state index in [4.69, 9.17) is 9.47 Å². The highest BCUT2D eigenvalue weighted by atomic mass is 16.6. The van der Waals surface area contributed by atoms with Crippen LogP contribution in [0.5, 0.6) is 0 Å². The van der Waals surface area contributed by atoms with Gasteiger partial charge in [0, 0.05) is 0 Å². The first-order valence-electron chi connectivity index (χ1n) is 3.74. The Kier molecular flexibility index (Phi) is 1.51. The summed E-state index contributed by atoms with van der Waals surface area (Å²) in [7, 11) is 0. The molecule has 2 aliphatic rings. The van der Waals surface area contributed by atoms with Crippen molar-refractivity contribution in [2.24, 2.45) is 0 Å². The van der Waals surface area contributed by atoms with Crippen LogP contribution in [0.3, 0.4) is 0 Å². The zero-order chi connectivity index (χ0) is 6.97. The van der Waals surface area contributed by atoms with Gasteiger partial charge >= 0.3 is 0 Å². The predicted octanol–water partition coefficient (Wildman–Crippen LogP) is 1.12. The predicted molar refractivity (Wildman–Crippen MR) is 37.9 cm³/mol. The normalized spacial score (nSPS) is 35.6. The molecule has 2 saturated heterocycles. The molecule has 2 heterocycles. The lowest BCUT2D eigenvalue weighted by atomic mass is 10.1. The monoisotopic (exact) mass is 140 g/mol. The van der Waals surface area contributed by atoms with Crippen molar-refractivity contribution in [3.05, 3.63) is 12.2 Å². The van der Waals surface area contributed by atoms with Gasteiger partial charge in [-0.25, -0.2) is 0 Å². The van der Waals surface area contributed by atoms with Crippen LogP contribution in [0.1, 0.15) is 12.8 Å². The van der Waals surface area contributed by atoms with Crippen LogP contribution in [0.25, 0.3) is 0 Å². The number of ether oxygens (including phenoxy) is 2. The van der Waals surface area contributed by atoms with Gasteiger partial charge in [0.25, 0.3) is 0 Å². The summed E-state index contributed by atoms with van der Waals surface area (Å²) in [5, 5.41) is 0. The van der Waals surface area contributed by atoms with Crippen LogP contribution < -0.4 is 0 Å². The lowest BCUT2D eigenvalue weighted by Gasteiger charge is -1.97. The van der Waals surface area contributed by atoms with Crippen molar-refractivity contribution in [3.8, 4) is 0 Å². The first-order chi connectivity index (χ1) is 4.84. The number of hydrogen-bond acceptors (Lipinski definition) is 2. The van der Waals surface area contributed by atoms with Crippen LogP contribution in [0.2, 0.25) is 0 Å². The molecule has 2 fully saturated rings. The summed E-state index contributed by atoms with van der Waals surface area (Å²) in [5.74, 6) is 0. The Bertz CT molecular complexity index is 129. The second-order valence-electron chi connectivity index (χ2n) is 3.07. The summed E-state index contributed by atoms with van der Waals surface area (Å²) in [5.41, 5.74) is 1.28. The average Bonchev–Trinajstić information content (AvgIpc) is 2.59. The van der Waals surface area contributed by atoms with Crippen LogP contribution in [0.4, 0.5) is 0 Å². The molecule has 56 valence electrons. The highest BCUT2D eigenvalue weighted by Crippen LogP contribution is 2.25. The second kappa shape index (κ2) is 2.36. The Morgan fingerprint density at radius 2 is 1.60 bits per heavy atom. The van der Waals surface area contributed by atoms with Crippen molar-refractivity contribution in [2.75, 3.05) is 13.2 Å². The SMILES string of the molecule is C=C(CC1CO1)CC1CO1. The molecule has 0 aromatic rings. The minimum absolute atomic E-state index is 0.492. The Morgan fingerprint density at radius 1 is 1.20 bits per heavy atom. The van der Waals surface area contributed by atoms with Gasteiger partial charge in [-0.1, -0.05) is 12.2 Å². The van der Waals surface area contributed by atoms with Crippen LogP contribution >= 0.6 is 0 Å². The van der Waals surface area contributed by atoms with E-state index in [-0.39, 0.29) is 0 Å². The van der Waals surface area contributed by atoms with Gasteiger partial charge in [0.15, 0.2) is 0 Å². The molecule has 2 atom stereocenters. The molecule has 10 heavy (non-hydrogen) atoms. The van der Waals surface area contributed by atoms with E-state index < -0.39 is 0 Å². The summed E-state index contributed by atoms with van der Waals surface area (Å²) in [6.45, 7) is 5.83. The highest BCUT2D eigenvalue weighted by molar-refractivity contribution is 5.02. The molecule has 0 spiro atoms. The molecule has 0 aromatic heterocycles. The molecular formula is C8H12O2. The van der Waals surface area contributed by atoms with Crippen molar-refractivity contribution in [1.82, 2.24) is 0 Å². The summed E-state index contributed by atoms with van der Waals surface area (Å²) in [4.78, 5) is 0. The molecule has 0 N–H and O–H groups in total. The topological polar surface area (TPSA) is 25.1 Å². The fraction of sp³-hybridized carbons (Fsp3) is 0.750. The van der Waals surface area contributed by atoms with E-state index in [1.165, 1.54) is 5.57 Å². The van der Waals surface area contributed by atoms with Gasteiger partial charge in [-0.3, -0.25) is 0 Å². The van der Waals surface area contributed by atoms with Crippen LogP contribution in [-0.4, -0.2) is 25.4 Å². The average molecular weight is 140 g/mol. The first kappa shape index (κ1) is 6.38. The Hall–Kier alpha value is -0.340. The molecule has 0 bridgehead atoms. The van der Waals surface area contributed by atoms with Crippen molar-refractivity contribution in [1.29, 1.82) is 0 Å². The fourth-order valence-electron chi connectivity index (χ4n) is 1.10. The van der Waals surface area contributed by atoms with E-state index in [9.17, 15) is 0 Å². The van der Waals surface area contributed by atoms with Crippen molar-refractivity contribution >= 4 is 0 Å². The van der Waals surface area contributed by atoms with E-state index in [0.717, 1.165) is 26.1 Å². The van der Waals surface area contributed by atoms with Gasteiger partial charge in [-0.2, -0.15) is 0 Å². The molecular weight excluding hydrogens is 128 g/mol. The van der Waals surface area contributed by atoms with Gasteiger partial charge in [0.2, 0.25) is 0 Å². The third-order valence-electron chi connectivity index (χ3n) is 1.84. The Morgan fingerprint density at radius 3 is 1.90 bits per heavy atom. The number of rotatable bonds is 4. The maximum absolute atomic E-state index is 5.08. The molecule has 0 radical (unpaired) electrons. The quantitative estimate of drug-likeness (QED) is 0.432. The maximum atomic E-state index is 5.08. The Labute approximate surface area is 60.8 Å². The maximum Gasteiger partial charge on any atom is 0.0846 e. The molecule has 2 aliphatic heterocycles. The molecule has 0 aromatic carbocycles. The third-order valence-corrected chi connectivity index (χ3v) is 1.84. The first-order valence-corrected chi connectivity index (χ1v) is 3.74. The molecule has 0 aliphatic carbocycles. The van der Waals surface area contributed by atoms with Crippen molar-refractivity contribution in [3.63, 3.8) is 0 Å². The van der Waals surface area contributed by atoms with E-state index >= 15 is 0 Å². The Balaban J connectivity index is 1.64. The second-order valence-corrected chi connectivity index (χ2v) is 3.07. The fourth-order valence-corrected chi connectivity index (χ4v) is 1.10. The van der Waals surface area contributed by atoms with Gasteiger partial charge in [-0.15, -0.1) is 0 Å². The van der Waals surface area contributed by atoms with Gasteiger partial charge in [0.05, 0.1) is 25.4 Å². The lowest BCUT2D eigenvalue weighted by Crippen LogP contribution is -1.93. The van der Waals surface area contributed by atoms with Crippen LogP contribution in [0, 0.1) is 0 Å². The van der Waals surface area contributed by atoms with E-state index in [0.29, 0.717) is 12.2 Å². The highest BCUT2D eigenvalue weighted by Gasteiger charge is 2.27. The van der Waals surface area contributed by atoms with E-state index in [1.54, 1.807) is 0 Å². The zero-order valence-electron chi connectivity index (χ0n) is 6.01. The van der Waals surface area contributed by atoms with Crippen molar-refractivity contribution < 1.29 is 9.47 Å². The summed E-state index contributed by atoms with van der Waals surface area (Å²) >= 11 is 0. The molecule has 2 nitrogen and oxygen atoms in total.